The molecule has 10 heavy (non-hydrogen) atoms. The van der Waals surface area contributed by atoms with Gasteiger partial charge in [-0.3, -0.25) is 0 Å². The summed E-state index contributed by atoms with van der Waals surface area (Å²) in [7, 11) is 0. The highest BCUT2D eigenvalue weighted by atomic mass is 16.1. The van der Waals surface area contributed by atoms with Gasteiger partial charge in [0, 0.05) is 0 Å². The summed E-state index contributed by atoms with van der Waals surface area (Å²) in [5, 5.41) is 0. The second-order valence-electron chi connectivity index (χ2n) is 2.37. The van der Waals surface area contributed by atoms with Crippen LogP contribution in [0.4, 0.5) is 0 Å². The highest BCUT2D eigenvalue weighted by Gasteiger charge is 1.97. The summed E-state index contributed by atoms with van der Waals surface area (Å²) in [6, 6.07) is 0. The van der Waals surface area contributed by atoms with Crippen LogP contribution in [0.2, 0.25) is 0 Å². The van der Waals surface area contributed by atoms with Crippen LogP contribution in [0, 0.1) is 5.92 Å². The number of carbonyl (C=O) groups excluding carboxylic acids is 1. The van der Waals surface area contributed by atoms with Crippen molar-refractivity contribution in [3.8, 4) is 0 Å². The molecule has 1 aliphatic carbocycles. The lowest BCUT2D eigenvalue weighted by atomic mass is 10.1. The van der Waals surface area contributed by atoms with Crippen molar-refractivity contribution < 1.29 is 4.79 Å². The number of aldehydes is 1. The van der Waals surface area contributed by atoms with Gasteiger partial charge in [0.15, 0.2) is 0 Å². The lowest BCUT2D eigenvalue weighted by Gasteiger charge is -1.90. The van der Waals surface area contributed by atoms with Crippen molar-refractivity contribution in [1.29, 1.82) is 0 Å². The number of hydrogen-bond acceptors (Lipinski definition) is 1. The van der Waals surface area contributed by atoms with E-state index in [-0.39, 0.29) is 5.92 Å². The van der Waals surface area contributed by atoms with Crippen molar-refractivity contribution in [2.45, 2.75) is 6.92 Å². The van der Waals surface area contributed by atoms with Crippen LogP contribution in [-0.4, -0.2) is 6.29 Å². The van der Waals surface area contributed by atoms with Crippen LogP contribution in [0.15, 0.2) is 36.0 Å². The monoisotopic (exact) mass is 134 g/mol. The molecule has 0 aromatic carbocycles. The minimum Gasteiger partial charge on any atom is -0.302 e. The molecule has 1 nitrogen and oxygen atoms in total. The molecule has 0 aliphatic heterocycles. The predicted octanol–water partition coefficient (Wildman–Crippen LogP) is 1.87. The molecule has 0 saturated carbocycles. The van der Waals surface area contributed by atoms with E-state index in [4.69, 9.17) is 0 Å². The molecule has 0 aromatic heterocycles. The van der Waals surface area contributed by atoms with E-state index in [9.17, 15) is 4.79 Å². The largest absolute Gasteiger partial charge is 0.302 e. The van der Waals surface area contributed by atoms with Gasteiger partial charge >= 0.3 is 0 Å². The Morgan fingerprint density at radius 3 is 3.00 bits per heavy atom. The van der Waals surface area contributed by atoms with Crippen LogP contribution < -0.4 is 0 Å². The molecule has 1 rings (SSSR count). The molecule has 0 amide bonds. The summed E-state index contributed by atoms with van der Waals surface area (Å²) in [6.07, 6.45) is 10.6. The summed E-state index contributed by atoms with van der Waals surface area (Å²) < 4.78 is 0. The summed E-state index contributed by atoms with van der Waals surface area (Å²) in [4.78, 5) is 10.3. The zero-order chi connectivity index (χ0) is 7.40. The first-order valence-electron chi connectivity index (χ1n) is 3.31. The van der Waals surface area contributed by atoms with E-state index >= 15 is 0 Å². The maximum absolute atomic E-state index is 10.3. The van der Waals surface area contributed by atoms with Gasteiger partial charge < -0.3 is 4.79 Å². The van der Waals surface area contributed by atoms with Gasteiger partial charge in [-0.1, -0.05) is 36.0 Å². The Morgan fingerprint density at radius 1 is 1.50 bits per heavy atom. The molecule has 0 aromatic rings. The fraction of sp³-hybridized carbons (Fsp3) is 0.222. The maximum Gasteiger partial charge on any atom is 0.130 e. The zero-order valence-electron chi connectivity index (χ0n) is 5.95. The summed E-state index contributed by atoms with van der Waals surface area (Å²) in [5.41, 5.74) is 1.18. The quantitative estimate of drug-likeness (QED) is 0.500. The van der Waals surface area contributed by atoms with Gasteiger partial charge in [-0.2, -0.15) is 0 Å². The minimum atomic E-state index is -0.0336. The predicted molar refractivity (Wildman–Crippen MR) is 41.6 cm³/mol. The molecule has 0 bridgehead atoms. The molecular formula is C9H10O. The van der Waals surface area contributed by atoms with Crippen molar-refractivity contribution in [1.82, 2.24) is 0 Å². The molecule has 0 N–H and O–H groups in total. The van der Waals surface area contributed by atoms with Gasteiger partial charge in [0.25, 0.3) is 0 Å². The van der Waals surface area contributed by atoms with Crippen LogP contribution in [0.1, 0.15) is 6.92 Å². The molecule has 1 aliphatic rings. The molecule has 52 valence electrons. The minimum absolute atomic E-state index is 0.0336. The van der Waals surface area contributed by atoms with Crippen LogP contribution in [-0.2, 0) is 4.79 Å². The normalized spacial score (nSPS) is 23.7. The molecule has 0 saturated heterocycles. The highest BCUT2D eigenvalue weighted by Crippen LogP contribution is 2.06. The number of carbonyl (C=O) groups is 1. The van der Waals surface area contributed by atoms with E-state index in [1.807, 2.05) is 37.3 Å². The Kier molecular flexibility index (Phi) is 2.21. The fourth-order valence-corrected chi connectivity index (χ4v) is 0.809. The Bertz CT molecular complexity index is 209. The van der Waals surface area contributed by atoms with E-state index in [1.165, 1.54) is 5.57 Å². The molecule has 1 unspecified atom stereocenters. The molecule has 0 spiro atoms. The first-order chi connectivity index (χ1) is 4.83. The van der Waals surface area contributed by atoms with Gasteiger partial charge in [0.2, 0.25) is 0 Å². The second kappa shape index (κ2) is 3.16. The zero-order valence-corrected chi connectivity index (χ0v) is 5.95. The van der Waals surface area contributed by atoms with Gasteiger partial charge in [0.1, 0.15) is 6.29 Å². The van der Waals surface area contributed by atoms with Crippen LogP contribution >= 0.6 is 0 Å². The molecule has 1 heteroatoms. The SMILES string of the molecule is CC1=CC=CC(C=O)C=C1. The Hall–Kier alpha value is -1.11. The molecule has 0 fully saturated rings. The number of allylic oxidation sites excluding steroid dienone is 6. The van der Waals surface area contributed by atoms with Gasteiger partial charge in [-0.05, 0) is 6.92 Å². The van der Waals surface area contributed by atoms with Crippen LogP contribution in [0.5, 0.6) is 0 Å². The summed E-state index contributed by atoms with van der Waals surface area (Å²) in [6.45, 7) is 2.01. The topological polar surface area (TPSA) is 17.1 Å². The third-order valence-electron chi connectivity index (χ3n) is 1.43. The summed E-state index contributed by atoms with van der Waals surface area (Å²) in [5.74, 6) is -0.0336. The van der Waals surface area contributed by atoms with E-state index in [1.54, 1.807) is 0 Å². The summed E-state index contributed by atoms with van der Waals surface area (Å²) >= 11 is 0. The third kappa shape index (κ3) is 1.69. The third-order valence-corrected chi connectivity index (χ3v) is 1.43. The van der Waals surface area contributed by atoms with E-state index in [2.05, 4.69) is 0 Å². The average molecular weight is 134 g/mol. The maximum atomic E-state index is 10.3. The van der Waals surface area contributed by atoms with Gasteiger partial charge in [-0.15, -0.1) is 0 Å². The van der Waals surface area contributed by atoms with Crippen LogP contribution in [0.25, 0.3) is 0 Å². The Morgan fingerprint density at radius 2 is 2.30 bits per heavy atom. The van der Waals surface area contributed by atoms with Crippen LogP contribution in [0.3, 0.4) is 0 Å². The number of rotatable bonds is 1. The Balaban J connectivity index is 2.76. The molecule has 0 radical (unpaired) electrons. The van der Waals surface area contributed by atoms with Gasteiger partial charge in [-0.25, -0.2) is 0 Å². The average Bonchev–Trinajstić information content (AvgIpc) is 2.14. The lowest BCUT2D eigenvalue weighted by molar-refractivity contribution is -0.108. The highest BCUT2D eigenvalue weighted by molar-refractivity contribution is 5.60. The van der Waals surface area contributed by atoms with Crippen molar-refractivity contribution in [2.75, 3.05) is 0 Å². The van der Waals surface area contributed by atoms with Crippen molar-refractivity contribution in [3.63, 3.8) is 0 Å². The first kappa shape index (κ1) is 7.00. The van der Waals surface area contributed by atoms with E-state index in [0.717, 1.165) is 6.29 Å². The second-order valence-corrected chi connectivity index (χ2v) is 2.37. The Labute approximate surface area is 60.7 Å². The van der Waals surface area contributed by atoms with E-state index < -0.39 is 0 Å². The lowest BCUT2D eigenvalue weighted by Crippen LogP contribution is -1.90. The van der Waals surface area contributed by atoms with Crippen molar-refractivity contribution in [3.05, 3.63) is 36.0 Å². The molecule has 0 heterocycles. The number of hydrogen-bond donors (Lipinski definition) is 0. The van der Waals surface area contributed by atoms with Crippen molar-refractivity contribution in [2.24, 2.45) is 5.92 Å². The standard InChI is InChI=1S/C9H10O/c1-8-3-2-4-9(7-10)6-5-8/h2-7,9H,1H3. The molecule has 1 atom stereocenters. The fourth-order valence-electron chi connectivity index (χ4n) is 0.809. The first-order valence-corrected chi connectivity index (χ1v) is 3.31. The van der Waals surface area contributed by atoms with E-state index in [0.29, 0.717) is 0 Å². The van der Waals surface area contributed by atoms with Gasteiger partial charge in [0.05, 0.1) is 5.92 Å². The smallest absolute Gasteiger partial charge is 0.130 e. The van der Waals surface area contributed by atoms with Crippen molar-refractivity contribution >= 4 is 6.29 Å². The molecular weight excluding hydrogens is 124 g/mol.